The van der Waals surface area contributed by atoms with Crippen LogP contribution in [0.1, 0.15) is 22.6 Å². The van der Waals surface area contributed by atoms with Crippen LogP contribution in [0.25, 0.3) is 11.3 Å². The molecule has 0 saturated carbocycles. The van der Waals surface area contributed by atoms with Gasteiger partial charge in [0.25, 0.3) is 0 Å². The van der Waals surface area contributed by atoms with E-state index in [1.54, 1.807) is 18.5 Å². The molecule has 0 radical (unpaired) electrons. The number of imidazole rings is 1. The van der Waals surface area contributed by atoms with E-state index < -0.39 is 29.4 Å². The van der Waals surface area contributed by atoms with Crippen LogP contribution in [0.15, 0.2) is 70.9 Å². The number of hydrogen-bond acceptors (Lipinski definition) is 6. The van der Waals surface area contributed by atoms with Gasteiger partial charge in [-0.1, -0.05) is 6.07 Å². The van der Waals surface area contributed by atoms with Gasteiger partial charge in [-0.2, -0.15) is 23.4 Å². The van der Waals surface area contributed by atoms with Crippen LogP contribution in [0.5, 0.6) is 5.75 Å². The summed E-state index contributed by atoms with van der Waals surface area (Å²) in [5.41, 5.74) is -0.613. The first-order valence-corrected chi connectivity index (χ1v) is 11.5. The Hall–Kier alpha value is -4.48. The third kappa shape index (κ3) is 5.58. The van der Waals surface area contributed by atoms with E-state index >= 15 is 0 Å². The number of aromatic nitrogens is 4. The van der Waals surface area contributed by atoms with Crippen LogP contribution in [0.4, 0.5) is 22.0 Å². The van der Waals surface area contributed by atoms with E-state index in [9.17, 15) is 22.0 Å². The topological polar surface area (TPSA) is 88.4 Å². The average Bonchev–Trinajstić information content (AvgIpc) is 3.58. The maximum absolute atomic E-state index is 14.0. The summed E-state index contributed by atoms with van der Waals surface area (Å²) in [5, 5.41) is 8.04. The van der Waals surface area contributed by atoms with Gasteiger partial charge in [0, 0.05) is 37.0 Å². The van der Waals surface area contributed by atoms with Gasteiger partial charge in [-0.3, -0.25) is 4.99 Å². The van der Waals surface area contributed by atoms with E-state index in [-0.39, 0.29) is 41.4 Å². The van der Waals surface area contributed by atoms with E-state index in [4.69, 9.17) is 4.74 Å². The number of nitrogens with zero attached hydrogens (tertiary/aromatic N) is 5. The lowest BCUT2D eigenvalue weighted by Crippen LogP contribution is -2.11. The van der Waals surface area contributed by atoms with Crippen molar-refractivity contribution >= 4 is 12.1 Å². The van der Waals surface area contributed by atoms with Crippen molar-refractivity contribution in [2.45, 2.75) is 25.1 Å². The molecule has 1 atom stereocenters. The molecule has 2 aromatic heterocycles. The Bertz CT molecular complexity index is 1480. The van der Waals surface area contributed by atoms with Crippen LogP contribution < -0.4 is 4.74 Å². The fourth-order valence-corrected chi connectivity index (χ4v) is 3.89. The van der Waals surface area contributed by atoms with Gasteiger partial charge >= 0.3 is 6.18 Å². The van der Waals surface area contributed by atoms with Crippen molar-refractivity contribution in [2.24, 2.45) is 9.98 Å². The van der Waals surface area contributed by atoms with Crippen molar-refractivity contribution in [3.63, 3.8) is 0 Å². The van der Waals surface area contributed by atoms with Gasteiger partial charge in [0.2, 0.25) is 0 Å². The quantitative estimate of drug-likeness (QED) is 0.319. The second-order valence-electron chi connectivity index (χ2n) is 8.35. The fraction of sp³-hybridized carbons (Fsp3) is 0.192. The van der Waals surface area contributed by atoms with Crippen LogP contribution in [0.3, 0.4) is 0 Å². The zero-order chi connectivity index (χ0) is 26.7. The summed E-state index contributed by atoms with van der Waals surface area (Å²) in [5.74, 6) is -1.25. The monoisotopic (exact) mass is 526 g/mol. The Morgan fingerprint density at radius 2 is 1.84 bits per heavy atom. The second-order valence-corrected chi connectivity index (χ2v) is 8.35. The van der Waals surface area contributed by atoms with E-state index in [2.05, 4.69) is 30.2 Å². The average molecular weight is 526 g/mol. The first-order chi connectivity index (χ1) is 18.3. The molecule has 38 heavy (non-hydrogen) atoms. The van der Waals surface area contributed by atoms with Gasteiger partial charge in [-0.25, -0.2) is 18.8 Å². The number of H-pyrrole nitrogens is 1. The zero-order valence-electron chi connectivity index (χ0n) is 19.6. The van der Waals surface area contributed by atoms with Crippen LogP contribution in [0, 0.1) is 11.6 Å². The molecule has 1 N–H and O–H groups in total. The lowest BCUT2D eigenvalue weighted by Gasteiger charge is -2.15. The number of rotatable bonds is 8. The molecule has 0 spiro atoms. The molecule has 5 rings (SSSR count). The van der Waals surface area contributed by atoms with Crippen molar-refractivity contribution in [1.82, 2.24) is 20.2 Å². The second kappa shape index (κ2) is 10.5. The number of nitrogens with one attached hydrogen (secondary N) is 1. The van der Waals surface area contributed by atoms with Gasteiger partial charge in [0.15, 0.2) is 17.5 Å². The molecule has 0 aliphatic carbocycles. The van der Waals surface area contributed by atoms with Gasteiger partial charge < -0.3 is 9.72 Å². The van der Waals surface area contributed by atoms with E-state index in [1.165, 1.54) is 36.5 Å². The SMILES string of the molecule is Fc1cccc(C2=NC(Cc3ccc(-c4ccc(OCCc5ncc[nH]5)cc4C(F)(F)F)nn3)C=N2)c1F. The maximum atomic E-state index is 14.0. The number of ether oxygens (including phenoxy) is 1. The Kier molecular flexibility index (Phi) is 6.95. The van der Waals surface area contributed by atoms with Crippen molar-refractivity contribution < 1.29 is 26.7 Å². The number of alkyl halides is 3. The molecular formula is C26H19F5N6O. The Morgan fingerprint density at radius 1 is 0.974 bits per heavy atom. The highest BCUT2D eigenvalue weighted by Gasteiger charge is 2.34. The normalized spacial score (nSPS) is 15.1. The molecule has 4 aromatic rings. The van der Waals surface area contributed by atoms with Crippen LogP contribution in [-0.2, 0) is 19.0 Å². The number of benzene rings is 2. The number of halogens is 5. The van der Waals surface area contributed by atoms with Gasteiger partial charge in [-0.05, 0) is 42.5 Å². The Morgan fingerprint density at radius 3 is 2.58 bits per heavy atom. The highest BCUT2D eigenvalue weighted by molar-refractivity contribution is 6.07. The van der Waals surface area contributed by atoms with Crippen molar-refractivity contribution in [3.05, 3.63) is 95.2 Å². The smallest absolute Gasteiger partial charge is 0.417 e. The molecule has 2 aromatic carbocycles. The van der Waals surface area contributed by atoms with Crippen LogP contribution in [0.2, 0.25) is 0 Å². The number of amidine groups is 1. The Balaban J connectivity index is 1.29. The molecule has 1 aliphatic rings. The minimum atomic E-state index is -4.65. The van der Waals surface area contributed by atoms with Crippen molar-refractivity contribution in [2.75, 3.05) is 6.61 Å². The number of aliphatic imine (C=N–C) groups is 2. The summed E-state index contributed by atoms with van der Waals surface area (Å²) >= 11 is 0. The Labute approximate surface area is 213 Å². The molecule has 0 fully saturated rings. The summed E-state index contributed by atoms with van der Waals surface area (Å²) < 4.78 is 74.5. The summed E-state index contributed by atoms with van der Waals surface area (Å²) in [7, 11) is 0. The number of aromatic amines is 1. The van der Waals surface area contributed by atoms with Gasteiger partial charge in [-0.15, -0.1) is 0 Å². The molecule has 1 unspecified atom stereocenters. The van der Waals surface area contributed by atoms with Crippen molar-refractivity contribution in [3.8, 4) is 17.0 Å². The van der Waals surface area contributed by atoms with Crippen LogP contribution >= 0.6 is 0 Å². The minimum absolute atomic E-state index is 0.0364. The van der Waals surface area contributed by atoms with E-state index in [1.807, 2.05) is 0 Å². The molecule has 3 heterocycles. The maximum Gasteiger partial charge on any atom is 0.417 e. The fourth-order valence-electron chi connectivity index (χ4n) is 3.89. The molecule has 0 saturated heterocycles. The summed E-state index contributed by atoms with van der Waals surface area (Å²) in [6, 6.07) is 9.88. The molecule has 0 bridgehead atoms. The first kappa shape index (κ1) is 25.2. The molecule has 7 nitrogen and oxygen atoms in total. The highest BCUT2D eigenvalue weighted by Crippen LogP contribution is 2.38. The molecule has 194 valence electrons. The predicted molar refractivity (Wildman–Crippen MR) is 129 cm³/mol. The summed E-state index contributed by atoms with van der Waals surface area (Å²) in [6.45, 7) is 0.152. The first-order valence-electron chi connectivity index (χ1n) is 11.5. The molecule has 12 heteroatoms. The van der Waals surface area contributed by atoms with Crippen LogP contribution in [-0.4, -0.2) is 44.9 Å². The summed E-state index contributed by atoms with van der Waals surface area (Å²) in [6.07, 6.45) is 0.703. The largest absolute Gasteiger partial charge is 0.493 e. The lowest BCUT2D eigenvalue weighted by molar-refractivity contribution is -0.137. The third-order valence-corrected chi connectivity index (χ3v) is 5.72. The number of hydrogen-bond donors (Lipinski definition) is 1. The molecule has 0 amide bonds. The van der Waals surface area contributed by atoms with Crippen molar-refractivity contribution in [1.29, 1.82) is 0 Å². The predicted octanol–water partition coefficient (Wildman–Crippen LogP) is 5.23. The minimum Gasteiger partial charge on any atom is -0.493 e. The van der Waals surface area contributed by atoms with Gasteiger partial charge in [0.1, 0.15) is 11.6 Å². The van der Waals surface area contributed by atoms with E-state index in [0.29, 0.717) is 17.9 Å². The summed E-state index contributed by atoms with van der Waals surface area (Å²) in [4.78, 5) is 15.3. The molecule has 1 aliphatic heterocycles. The molecular weight excluding hydrogens is 507 g/mol. The lowest BCUT2D eigenvalue weighted by atomic mass is 10.0. The highest BCUT2D eigenvalue weighted by atomic mass is 19.4. The standard InChI is InChI=1S/C26H19F5N6O/c27-21-3-1-2-19(24(21)28)25-34-14-16(35-25)12-15-4-7-22(37-36-15)18-6-5-17(13-20(18)26(29,30)31)38-11-8-23-32-9-10-33-23/h1-7,9-10,13-14,16H,8,11-12H2,(H,32,33). The third-order valence-electron chi connectivity index (χ3n) is 5.72. The van der Waals surface area contributed by atoms with Gasteiger partial charge in [0.05, 0.1) is 35.2 Å². The zero-order valence-corrected chi connectivity index (χ0v) is 19.6. The van der Waals surface area contributed by atoms with E-state index in [0.717, 1.165) is 12.1 Å².